The van der Waals surface area contributed by atoms with Gasteiger partial charge in [-0.2, -0.15) is 5.10 Å². The largest absolute Gasteiger partial charge is 0.490 e. The number of nitrogens with one attached hydrogen (secondary N) is 2. The van der Waals surface area contributed by atoms with Gasteiger partial charge in [0.1, 0.15) is 12.4 Å². The summed E-state index contributed by atoms with van der Waals surface area (Å²) in [4.78, 5) is 26.3. The molecule has 0 saturated carbocycles. The lowest BCUT2D eigenvalue weighted by molar-refractivity contribution is -0.129. The van der Waals surface area contributed by atoms with Crippen LogP contribution in [-0.2, 0) is 16.6 Å². The fourth-order valence-corrected chi connectivity index (χ4v) is 5.05. The summed E-state index contributed by atoms with van der Waals surface area (Å²) in [6.07, 6.45) is 3.14. The Labute approximate surface area is 225 Å². The van der Waals surface area contributed by atoms with Gasteiger partial charge in [-0.05, 0) is 43.9 Å². The Balaban J connectivity index is 0.00000164. The summed E-state index contributed by atoms with van der Waals surface area (Å²) < 4.78 is 13.4. The molecule has 3 N–H and O–H groups in total. The molecule has 0 fully saturated rings. The van der Waals surface area contributed by atoms with E-state index in [4.69, 9.17) is 26.2 Å². The van der Waals surface area contributed by atoms with Gasteiger partial charge >= 0.3 is 0 Å². The molecule has 5 rings (SSSR count). The van der Waals surface area contributed by atoms with Gasteiger partial charge in [-0.25, -0.2) is 0 Å². The maximum absolute atomic E-state index is 13.8. The number of nitrogens with zero attached hydrogens (tertiary/aromatic N) is 2. The predicted octanol–water partition coefficient (Wildman–Crippen LogP) is 4.72. The number of aldehydes is 1. The first-order valence-corrected chi connectivity index (χ1v) is 12.5. The molecule has 1 atom stereocenters. The SMILES string of the molecule is CO.Cn1c([C@H](C=O)OC(C)(C)C)c(-c2ccc3c(c2Cl)NCCO3)c2cccc(-c3cn[nH]c3)c2c1=O. The molecule has 3 heterocycles. The van der Waals surface area contributed by atoms with Crippen LogP contribution in [0.5, 0.6) is 5.75 Å². The number of carbonyl (C=O) groups excluding carboxylic acids is 1. The monoisotopic (exact) mass is 538 g/mol. The molecule has 2 aromatic carbocycles. The normalized spacial score (nSPS) is 13.6. The van der Waals surface area contributed by atoms with Gasteiger partial charge in [-0.3, -0.25) is 9.89 Å². The van der Waals surface area contributed by atoms with E-state index in [-0.39, 0.29) is 5.56 Å². The van der Waals surface area contributed by atoms with Crippen molar-refractivity contribution in [1.29, 1.82) is 0 Å². The number of aromatic nitrogens is 3. The van der Waals surface area contributed by atoms with Gasteiger partial charge < -0.3 is 29.3 Å². The van der Waals surface area contributed by atoms with Crippen molar-refractivity contribution in [3.8, 4) is 28.0 Å². The molecule has 1 aliphatic rings. The number of hydrogen-bond acceptors (Lipinski definition) is 7. The van der Waals surface area contributed by atoms with E-state index in [0.29, 0.717) is 57.2 Å². The van der Waals surface area contributed by atoms with Gasteiger partial charge in [-0.1, -0.05) is 29.8 Å². The first-order chi connectivity index (χ1) is 18.2. The van der Waals surface area contributed by atoms with E-state index in [1.807, 2.05) is 51.1 Å². The summed E-state index contributed by atoms with van der Waals surface area (Å²) in [5.41, 5.74) is 3.04. The second kappa shape index (κ2) is 11.0. The fourth-order valence-electron chi connectivity index (χ4n) is 4.73. The molecule has 4 aromatic rings. The minimum atomic E-state index is -1.00. The highest BCUT2D eigenvalue weighted by Gasteiger charge is 2.30. The highest BCUT2D eigenvalue weighted by molar-refractivity contribution is 6.37. The van der Waals surface area contributed by atoms with Crippen LogP contribution in [0, 0.1) is 0 Å². The maximum atomic E-state index is 13.8. The van der Waals surface area contributed by atoms with Gasteiger partial charge in [0.25, 0.3) is 5.56 Å². The number of benzene rings is 2. The third-order valence-corrected chi connectivity index (χ3v) is 6.58. The molecule has 0 radical (unpaired) electrons. The highest BCUT2D eigenvalue weighted by atomic mass is 35.5. The lowest BCUT2D eigenvalue weighted by atomic mass is 9.91. The summed E-state index contributed by atoms with van der Waals surface area (Å²) in [5.74, 6) is 0.655. The number of H-pyrrole nitrogens is 1. The average Bonchev–Trinajstić information content (AvgIpc) is 3.45. The average molecular weight is 539 g/mol. The minimum Gasteiger partial charge on any atom is -0.490 e. The summed E-state index contributed by atoms with van der Waals surface area (Å²) >= 11 is 6.97. The second-order valence-electron chi connectivity index (χ2n) is 9.70. The van der Waals surface area contributed by atoms with Crippen molar-refractivity contribution in [2.45, 2.75) is 32.5 Å². The topological polar surface area (TPSA) is 118 Å². The number of ether oxygens (including phenoxy) is 2. The lowest BCUT2D eigenvalue weighted by Crippen LogP contribution is -2.30. The first-order valence-electron chi connectivity index (χ1n) is 12.1. The summed E-state index contributed by atoms with van der Waals surface area (Å²) in [5, 5.41) is 18.8. The third kappa shape index (κ3) is 4.92. The standard InChI is InChI=1S/C27H27ClN4O4.CH4O/c1-27(2,3)36-20(14-33)25-21(18-8-9-19-24(23(18)28)29-10-11-35-19)17-7-5-6-16(15-12-30-31-13-15)22(17)26(34)32(25)4;1-2/h5-9,12-14,20,29H,10-11H2,1-4H3,(H,30,31);2H,1H3/t20-;/m0./s1. The smallest absolute Gasteiger partial charge is 0.259 e. The van der Waals surface area contributed by atoms with E-state index >= 15 is 0 Å². The molecule has 0 bridgehead atoms. The van der Waals surface area contributed by atoms with Crippen molar-refractivity contribution < 1.29 is 19.4 Å². The van der Waals surface area contributed by atoms with Gasteiger partial charge in [0.05, 0.1) is 33.6 Å². The summed E-state index contributed by atoms with van der Waals surface area (Å²) in [7, 11) is 2.66. The minimum absolute atomic E-state index is 0.250. The quantitative estimate of drug-likeness (QED) is 0.315. The molecule has 10 heteroatoms. The van der Waals surface area contributed by atoms with Gasteiger partial charge in [-0.15, -0.1) is 0 Å². The van der Waals surface area contributed by atoms with Crippen molar-refractivity contribution in [2.75, 3.05) is 25.6 Å². The number of pyridine rings is 1. The zero-order chi connectivity index (χ0) is 27.6. The molecule has 0 amide bonds. The van der Waals surface area contributed by atoms with E-state index in [1.165, 1.54) is 4.57 Å². The van der Waals surface area contributed by atoms with E-state index in [9.17, 15) is 9.59 Å². The molecule has 2 aromatic heterocycles. The predicted molar refractivity (Wildman–Crippen MR) is 149 cm³/mol. The maximum Gasteiger partial charge on any atom is 0.259 e. The molecular formula is C28H31ClN4O5. The van der Waals surface area contributed by atoms with Crippen LogP contribution < -0.4 is 15.6 Å². The van der Waals surface area contributed by atoms with Gasteiger partial charge in [0.15, 0.2) is 12.4 Å². The van der Waals surface area contributed by atoms with Crippen LogP contribution in [0.1, 0.15) is 32.6 Å². The number of hydrogen-bond donors (Lipinski definition) is 3. The van der Waals surface area contributed by atoms with Crippen LogP contribution >= 0.6 is 11.6 Å². The van der Waals surface area contributed by atoms with Crippen molar-refractivity contribution >= 4 is 34.3 Å². The second-order valence-corrected chi connectivity index (χ2v) is 10.1. The first kappa shape index (κ1) is 27.4. The Morgan fingerprint density at radius 3 is 2.63 bits per heavy atom. The van der Waals surface area contributed by atoms with E-state index < -0.39 is 11.7 Å². The van der Waals surface area contributed by atoms with Crippen molar-refractivity contribution in [1.82, 2.24) is 14.8 Å². The fraction of sp³-hybridized carbons (Fsp3) is 0.321. The van der Waals surface area contributed by atoms with Crippen LogP contribution in [-0.4, -0.2) is 52.0 Å². The number of rotatable bonds is 5. The number of fused-ring (bicyclic) bond motifs is 2. The molecular weight excluding hydrogens is 508 g/mol. The molecule has 0 unspecified atom stereocenters. The number of halogens is 1. The number of anilines is 1. The Morgan fingerprint density at radius 1 is 1.21 bits per heavy atom. The Morgan fingerprint density at radius 2 is 1.97 bits per heavy atom. The molecule has 38 heavy (non-hydrogen) atoms. The van der Waals surface area contributed by atoms with Crippen LogP contribution in [0.4, 0.5) is 5.69 Å². The third-order valence-electron chi connectivity index (χ3n) is 6.19. The Bertz CT molecular complexity index is 1520. The van der Waals surface area contributed by atoms with Gasteiger partial charge in [0.2, 0.25) is 0 Å². The Kier molecular flexibility index (Phi) is 7.91. The highest BCUT2D eigenvalue weighted by Crippen LogP contribution is 2.46. The zero-order valence-corrected chi connectivity index (χ0v) is 22.7. The summed E-state index contributed by atoms with van der Waals surface area (Å²) in [6.45, 7) is 6.76. The number of carbonyl (C=O) groups is 1. The van der Waals surface area contributed by atoms with E-state index in [1.54, 1.807) is 19.4 Å². The number of aromatic amines is 1. The van der Waals surface area contributed by atoms with Crippen molar-refractivity contribution in [2.24, 2.45) is 7.05 Å². The van der Waals surface area contributed by atoms with E-state index in [2.05, 4.69) is 15.5 Å². The van der Waals surface area contributed by atoms with Crippen molar-refractivity contribution in [3.63, 3.8) is 0 Å². The van der Waals surface area contributed by atoms with Crippen LogP contribution in [0.25, 0.3) is 33.0 Å². The molecule has 0 aliphatic carbocycles. The van der Waals surface area contributed by atoms with Crippen molar-refractivity contribution in [3.05, 3.63) is 63.8 Å². The van der Waals surface area contributed by atoms with Crippen LogP contribution in [0.3, 0.4) is 0 Å². The number of aliphatic hydroxyl groups is 1. The molecule has 0 spiro atoms. The van der Waals surface area contributed by atoms with E-state index in [0.717, 1.165) is 24.5 Å². The molecule has 9 nitrogen and oxygen atoms in total. The Hall–Kier alpha value is -3.66. The lowest BCUT2D eigenvalue weighted by Gasteiger charge is -2.29. The van der Waals surface area contributed by atoms with Gasteiger partial charge in [0, 0.05) is 43.6 Å². The number of aliphatic hydroxyl groups excluding tert-OH is 1. The zero-order valence-electron chi connectivity index (χ0n) is 22.0. The molecule has 0 saturated heterocycles. The summed E-state index contributed by atoms with van der Waals surface area (Å²) in [6, 6.07) is 9.35. The van der Waals surface area contributed by atoms with Crippen LogP contribution in [0.2, 0.25) is 5.02 Å². The molecule has 1 aliphatic heterocycles. The molecule has 200 valence electrons. The van der Waals surface area contributed by atoms with Crippen LogP contribution in [0.15, 0.2) is 47.5 Å².